The van der Waals surface area contributed by atoms with Gasteiger partial charge in [0.25, 0.3) is 0 Å². The molecule has 0 aliphatic rings. The van der Waals surface area contributed by atoms with Crippen molar-refractivity contribution in [2.45, 2.75) is 64.8 Å². The average molecular weight is 289 g/mol. The zero-order valence-corrected chi connectivity index (χ0v) is 12.9. The Hall–Kier alpha value is -0.710. The Bertz CT molecular complexity index is 259. The fourth-order valence-corrected chi connectivity index (χ4v) is 2.82. The van der Waals surface area contributed by atoms with Crippen molar-refractivity contribution in [2.24, 2.45) is 0 Å². The number of hydrogen-bond acceptors (Lipinski definition) is 3. The lowest BCUT2D eigenvalue weighted by Gasteiger charge is -2.12. The second-order valence-electron chi connectivity index (χ2n) is 4.79. The Balaban J connectivity index is 3.45. The van der Waals surface area contributed by atoms with E-state index in [0.717, 1.165) is 12.2 Å². The Morgan fingerprint density at radius 1 is 1.11 bits per heavy atom. The highest BCUT2D eigenvalue weighted by Crippen LogP contribution is 2.11. The molecule has 4 nitrogen and oxygen atoms in total. The first kappa shape index (κ1) is 18.3. The van der Waals surface area contributed by atoms with Crippen LogP contribution in [0.3, 0.4) is 0 Å². The minimum atomic E-state index is -0.956. The smallest absolute Gasteiger partial charge is 0.327 e. The second-order valence-corrected chi connectivity index (χ2v) is 5.94. The largest absolute Gasteiger partial charge is 0.480 e. The lowest BCUT2D eigenvalue weighted by Crippen LogP contribution is -2.41. The molecule has 19 heavy (non-hydrogen) atoms. The molecule has 1 atom stereocenters. The summed E-state index contributed by atoms with van der Waals surface area (Å²) in [4.78, 5) is 21.7. The van der Waals surface area contributed by atoms with Gasteiger partial charge in [0.15, 0.2) is 0 Å². The van der Waals surface area contributed by atoms with Crippen molar-refractivity contribution in [1.82, 2.24) is 5.32 Å². The first-order valence-corrected chi connectivity index (χ1v) is 8.31. The van der Waals surface area contributed by atoms with Gasteiger partial charge in [-0.05, 0) is 12.2 Å². The molecule has 2 N–H and O–H groups in total. The number of carbonyl (C=O) groups is 2. The number of hydrogen-bond donors (Lipinski definition) is 2. The van der Waals surface area contributed by atoms with E-state index in [0.29, 0.717) is 5.75 Å². The molecule has 0 aromatic carbocycles. The van der Waals surface area contributed by atoms with Crippen molar-refractivity contribution in [3.63, 3.8) is 0 Å². The summed E-state index contributed by atoms with van der Waals surface area (Å²) in [5, 5.41) is 11.4. The molecule has 0 aromatic rings. The maximum absolute atomic E-state index is 10.9. The maximum atomic E-state index is 10.9. The van der Waals surface area contributed by atoms with Crippen LogP contribution in [0.15, 0.2) is 0 Å². The number of rotatable bonds is 12. The van der Waals surface area contributed by atoms with E-state index in [4.69, 9.17) is 5.11 Å². The highest BCUT2D eigenvalue weighted by atomic mass is 32.2. The van der Waals surface area contributed by atoms with Gasteiger partial charge < -0.3 is 10.4 Å². The Morgan fingerprint density at radius 2 is 1.68 bits per heavy atom. The molecule has 0 heterocycles. The molecular weight excluding hydrogens is 262 g/mol. The third-order valence-electron chi connectivity index (χ3n) is 2.85. The standard InChI is InChI=1S/C14H27NO3S/c1-3-4-5-6-7-8-9-10-19-11-13(14(17)18)15-12(2)16/h13H,3-11H2,1-2H3,(H,15,16)(H,17,18)/t13-/m0/s1. The van der Waals surface area contributed by atoms with Crippen LogP contribution in [0.1, 0.15) is 58.8 Å². The van der Waals surface area contributed by atoms with Crippen molar-refractivity contribution in [3.8, 4) is 0 Å². The van der Waals surface area contributed by atoms with Gasteiger partial charge in [-0.3, -0.25) is 4.79 Å². The maximum Gasteiger partial charge on any atom is 0.327 e. The summed E-state index contributed by atoms with van der Waals surface area (Å²) < 4.78 is 0. The van der Waals surface area contributed by atoms with Crippen LogP contribution in [0.25, 0.3) is 0 Å². The number of aliphatic carboxylic acids is 1. The van der Waals surface area contributed by atoms with E-state index in [1.54, 1.807) is 11.8 Å². The third kappa shape index (κ3) is 12.1. The summed E-state index contributed by atoms with van der Waals surface area (Å²) in [5.41, 5.74) is 0. The van der Waals surface area contributed by atoms with Gasteiger partial charge in [-0.1, -0.05) is 45.4 Å². The summed E-state index contributed by atoms with van der Waals surface area (Å²) in [6, 6.07) is -0.757. The van der Waals surface area contributed by atoms with Crippen LogP contribution in [-0.2, 0) is 9.59 Å². The lowest BCUT2D eigenvalue weighted by molar-refractivity contribution is -0.140. The summed E-state index contributed by atoms with van der Waals surface area (Å²) >= 11 is 1.60. The molecule has 0 saturated heterocycles. The van der Waals surface area contributed by atoms with Crippen molar-refractivity contribution in [2.75, 3.05) is 11.5 Å². The molecule has 0 aliphatic heterocycles. The molecule has 1 amide bonds. The molecule has 0 bridgehead atoms. The molecular formula is C14H27NO3S. The fourth-order valence-electron chi connectivity index (χ4n) is 1.78. The predicted octanol–water partition coefficient (Wildman–Crippen LogP) is 3.06. The molecule has 0 unspecified atom stereocenters. The van der Waals surface area contributed by atoms with Crippen molar-refractivity contribution >= 4 is 23.6 Å². The number of unbranched alkanes of at least 4 members (excludes halogenated alkanes) is 6. The van der Waals surface area contributed by atoms with Crippen molar-refractivity contribution in [3.05, 3.63) is 0 Å². The Labute approximate surface area is 120 Å². The van der Waals surface area contributed by atoms with Gasteiger partial charge in [0.2, 0.25) is 5.91 Å². The number of nitrogens with one attached hydrogen (secondary N) is 1. The topological polar surface area (TPSA) is 66.4 Å². The number of carboxylic acid groups (broad SMARTS) is 1. The molecule has 0 aromatic heterocycles. The van der Waals surface area contributed by atoms with Crippen LogP contribution in [0.5, 0.6) is 0 Å². The minimum Gasteiger partial charge on any atom is -0.480 e. The van der Waals surface area contributed by atoms with Crippen LogP contribution in [0.2, 0.25) is 0 Å². The van der Waals surface area contributed by atoms with E-state index >= 15 is 0 Å². The number of thioether (sulfide) groups is 1. The van der Waals surface area contributed by atoms with Crippen molar-refractivity contribution < 1.29 is 14.7 Å². The Kier molecular flexibility index (Phi) is 11.9. The fraction of sp³-hybridized carbons (Fsp3) is 0.857. The summed E-state index contributed by atoms with van der Waals surface area (Å²) in [5.74, 6) is 0.174. The van der Waals surface area contributed by atoms with E-state index in [-0.39, 0.29) is 5.91 Å². The molecule has 0 spiro atoms. The average Bonchev–Trinajstić information content (AvgIpc) is 2.34. The summed E-state index contributed by atoms with van der Waals surface area (Å²) in [6.45, 7) is 3.56. The number of carboxylic acids is 1. The van der Waals surface area contributed by atoms with Gasteiger partial charge in [-0.2, -0.15) is 11.8 Å². The zero-order chi connectivity index (χ0) is 14.5. The molecule has 0 radical (unpaired) electrons. The molecule has 0 rings (SSSR count). The van der Waals surface area contributed by atoms with E-state index < -0.39 is 12.0 Å². The van der Waals surface area contributed by atoms with Gasteiger partial charge in [0.05, 0.1) is 0 Å². The Morgan fingerprint density at radius 3 is 2.21 bits per heavy atom. The minimum absolute atomic E-state index is 0.288. The van der Waals surface area contributed by atoms with Gasteiger partial charge >= 0.3 is 5.97 Å². The monoisotopic (exact) mass is 289 g/mol. The first-order valence-electron chi connectivity index (χ1n) is 7.15. The van der Waals surface area contributed by atoms with Gasteiger partial charge in [-0.25, -0.2) is 4.79 Å². The van der Waals surface area contributed by atoms with E-state index in [1.807, 2.05) is 0 Å². The predicted molar refractivity (Wildman–Crippen MR) is 80.6 cm³/mol. The van der Waals surface area contributed by atoms with E-state index in [1.165, 1.54) is 45.4 Å². The summed E-state index contributed by atoms with van der Waals surface area (Å²) in [7, 11) is 0. The third-order valence-corrected chi connectivity index (χ3v) is 4.00. The van der Waals surface area contributed by atoms with Gasteiger partial charge in [0.1, 0.15) is 6.04 Å². The number of carbonyl (C=O) groups excluding carboxylic acids is 1. The normalized spacial score (nSPS) is 12.1. The van der Waals surface area contributed by atoms with E-state index in [9.17, 15) is 9.59 Å². The molecule has 0 saturated carbocycles. The highest BCUT2D eigenvalue weighted by molar-refractivity contribution is 7.99. The first-order chi connectivity index (χ1) is 9.07. The van der Waals surface area contributed by atoms with Gasteiger partial charge in [-0.15, -0.1) is 0 Å². The van der Waals surface area contributed by atoms with Crippen LogP contribution >= 0.6 is 11.8 Å². The van der Waals surface area contributed by atoms with Crippen LogP contribution < -0.4 is 5.32 Å². The van der Waals surface area contributed by atoms with E-state index in [2.05, 4.69) is 12.2 Å². The van der Waals surface area contributed by atoms with Gasteiger partial charge in [0, 0.05) is 12.7 Å². The van der Waals surface area contributed by atoms with Crippen LogP contribution in [0, 0.1) is 0 Å². The molecule has 0 fully saturated rings. The van der Waals surface area contributed by atoms with Crippen molar-refractivity contribution in [1.29, 1.82) is 0 Å². The molecule has 0 aliphatic carbocycles. The lowest BCUT2D eigenvalue weighted by atomic mass is 10.1. The molecule has 5 heteroatoms. The van der Waals surface area contributed by atoms with Crippen LogP contribution in [-0.4, -0.2) is 34.5 Å². The second kappa shape index (κ2) is 12.3. The quantitative estimate of drug-likeness (QED) is 0.542. The SMILES string of the molecule is CCCCCCCCCSC[C@H](NC(C)=O)C(=O)O. The summed E-state index contributed by atoms with van der Waals surface area (Å²) in [6.07, 6.45) is 8.85. The highest BCUT2D eigenvalue weighted by Gasteiger charge is 2.17. The molecule has 112 valence electrons. The number of amides is 1. The zero-order valence-electron chi connectivity index (χ0n) is 12.1. The van der Waals surface area contributed by atoms with Crippen LogP contribution in [0.4, 0.5) is 0 Å².